The highest BCUT2D eigenvalue weighted by Gasteiger charge is 2.25. The van der Waals surface area contributed by atoms with E-state index in [0.717, 1.165) is 49.6 Å². The Kier molecular flexibility index (Phi) is 4.27. The maximum absolute atomic E-state index is 5.34. The zero-order valence-electron chi connectivity index (χ0n) is 16.3. The van der Waals surface area contributed by atoms with E-state index in [1.54, 1.807) is 18.4 Å². The molecule has 0 radical (unpaired) electrons. The maximum Gasteiger partial charge on any atom is 0.167 e. The van der Waals surface area contributed by atoms with E-state index >= 15 is 0 Å². The number of methoxy groups -OCH3 is 1. The summed E-state index contributed by atoms with van der Waals surface area (Å²) in [5.74, 6) is 6.36. The topological polar surface area (TPSA) is 70.7 Å². The number of hydrogen-bond donors (Lipinski definition) is 0. The quantitative estimate of drug-likeness (QED) is 0.425. The first kappa shape index (κ1) is 17.8. The zero-order valence-corrected chi connectivity index (χ0v) is 17.1. The number of thiazole rings is 1. The zero-order chi connectivity index (χ0) is 20.0. The number of rotatable bonds is 2. The summed E-state index contributed by atoms with van der Waals surface area (Å²) in [7, 11) is 1.66. The number of aromatic nitrogens is 6. The van der Waals surface area contributed by atoms with Gasteiger partial charge in [0.25, 0.3) is 0 Å². The molecule has 0 saturated heterocycles. The van der Waals surface area contributed by atoms with Crippen molar-refractivity contribution in [2.45, 2.75) is 26.9 Å². The second kappa shape index (κ2) is 6.95. The van der Waals surface area contributed by atoms with E-state index in [0.29, 0.717) is 13.0 Å². The highest BCUT2D eigenvalue weighted by Crippen LogP contribution is 2.30. The van der Waals surface area contributed by atoms with E-state index in [2.05, 4.69) is 61.8 Å². The van der Waals surface area contributed by atoms with Crippen LogP contribution in [0.5, 0.6) is 0 Å². The smallest absolute Gasteiger partial charge is 0.167 e. The summed E-state index contributed by atoms with van der Waals surface area (Å²) in [6, 6.07) is 6.29. The van der Waals surface area contributed by atoms with E-state index in [4.69, 9.17) is 4.74 Å². The molecule has 29 heavy (non-hydrogen) atoms. The molecular weight excluding hydrogens is 384 g/mol. The molecule has 0 spiro atoms. The van der Waals surface area contributed by atoms with Crippen molar-refractivity contribution >= 4 is 11.3 Å². The Labute approximate surface area is 172 Å². The molecule has 8 heteroatoms. The van der Waals surface area contributed by atoms with E-state index < -0.39 is 0 Å². The number of benzene rings is 1. The predicted octanol–water partition coefficient (Wildman–Crippen LogP) is 2.98. The summed E-state index contributed by atoms with van der Waals surface area (Å²) < 4.78 is 9.34. The SMILES string of the molecule is COCc1nnn2c1Cc1c(C#Cc3ncc(C)s3)ncn1-c1ccc(C)cc1-2. The van der Waals surface area contributed by atoms with E-state index in [-0.39, 0.29) is 0 Å². The molecule has 1 aromatic carbocycles. The summed E-state index contributed by atoms with van der Waals surface area (Å²) in [4.78, 5) is 10.1. The van der Waals surface area contributed by atoms with Gasteiger partial charge in [-0.15, -0.1) is 16.4 Å². The Hall–Kier alpha value is -3.28. The number of aryl methyl sites for hydroxylation is 2. The number of hydrogen-bond acceptors (Lipinski definition) is 6. The van der Waals surface area contributed by atoms with Crippen LogP contribution in [-0.2, 0) is 17.8 Å². The third-order valence-corrected chi connectivity index (χ3v) is 5.68. The van der Waals surface area contributed by atoms with Gasteiger partial charge in [0.15, 0.2) is 5.01 Å². The molecule has 0 atom stereocenters. The Balaban J connectivity index is 1.69. The van der Waals surface area contributed by atoms with Crippen LogP contribution in [0.2, 0.25) is 0 Å². The van der Waals surface area contributed by atoms with Crippen LogP contribution in [0.25, 0.3) is 11.4 Å². The molecule has 0 saturated carbocycles. The minimum atomic E-state index is 0.407. The highest BCUT2D eigenvalue weighted by atomic mass is 32.1. The lowest BCUT2D eigenvalue weighted by molar-refractivity contribution is 0.180. The van der Waals surface area contributed by atoms with Crippen LogP contribution >= 0.6 is 11.3 Å². The van der Waals surface area contributed by atoms with E-state index in [1.165, 1.54) is 0 Å². The van der Waals surface area contributed by atoms with E-state index in [1.807, 2.05) is 24.1 Å². The van der Waals surface area contributed by atoms with Gasteiger partial charge in [-0.2, -0.15) is 0 Å². The van der Waals surface area contributed by atoms with Gasteiger partial charge in [-0.3, -0.25) is 4.57 Å². The first-order chi connectivity index (χ1) is 14.1. The van der Waals surface area contributed by atoms with Crippen LogP contribution in [0.15, 0.2) is 30.7 Å². The van der Waals surface area contributed by atoms with Crippen LogP contribution in [-0.4, -0.2) is 36.6 Å². The fourth-order valence-corrected chi connectivity index (χ4v) is 4.12. The molecule has 0 N–H and O–H groups in total. The third kappa shape index (κ3) is 3.05. The van der Waals surface area contributed by atoms with Gasteiger partial charge in [0.1, 0.15) is 17.7 Å². The maximum atomic E-state index is 5.34. The molecule has 4 heterocycles. The lowest BCUT2D eigenvalue weighted by Gasteiger charge is -2.10. The Morgan fingerprint density at radius 2 is 2.03 bits per heavy atom. The van der Waals surface area contributed by atoms with Crippen LogP contribution < -0.4 is 0 Å². The average molecular weight is 402 g/mol. The first-order valence-electron chi connectivity index (χ1n) is 9.18. The predicted molar refractivity (Wildman–Crippen MR) is 110 cm³/mol. The molecule has 144 valence electrons. The van der Waals surface area contributed by atoms with Crippen LogP contribution in [0.4, 0.5) is 0 Å². The molecule has 5 rings (SSSR count). The average Bonchev–Trinajstić information content (AvgIpc) is 3.39. The molecular formula is C21H18N6OS. The Bertz CT molecular complexity index is 1290. The van der Waals surface area contributed by atoms with Crippen molar-refractivity contribution < 1.29 is 4.74 Å². The summed E-state index contributed by atoms with van der Waals surface area (Å²) in [5.41, 5.74) is 6.69. The van der Waals surface area contributed by atoms with Gasteiger partial charge in [-0.1, -0.05) is 11.3 Å². The lowest BCUT2D eigenvalue weighted by atomic mass is 10.1. The monoisotopic (exact) mass is 402 g/mol. The van der Waals surface area contributed by atoms with Gasteiger partial charge in [-0.25, -0.2) is 14.6 Å². The summed E-state index contributed by atoms with van der Waals surface area (Å²) in [5, 5.41) is 9.56. The molecule has 1 aliphatic heterocycles. The summed E-state index contributed by atoms with van der Waals surface area (Å²) in [6.07, 6.45) is 4.28. The van der Waals surface area contributed by atoms with Crippen molar-refractivity contribution in [1.29, 1.82) is 0 Å². The van der Waals surface area contributed by atoms with Gasteiger partial charge in [0, 0.05) is 24.6 Å². The van der Waals surface area contributed by atoms with Crippen molar-refractivity contribution in [3.8, 4) is 23.2 Å². The van der Waals surface area contributed by atoms with Crippen molar-refractivity contribution in [2.24, 2.45) is 0 Å². The van der Waals surface area contributed by atoms with Gasteiger partial charge < -0.3 is 4.74 Å². The second-order valence-corrected chi connectivity index (χ2v) is 8.17. The largest absolute Gasteiger partial charge is 0.378 e. The third-order valence-electron chi connectivity index (χ3n) is 4.85. The summed E-state index contributed by atoms with van der Waals surface area (Å²) in [6.45, 7) is 4.50. The molecule has 3 aromatic heterocycles. The van der Waals surface area contributed by atoms with Crippen LogP contribution in [0.3, 0.4) is 0 Å². The molecule has 0 amide bonds. The Morgan fingerprint density at radius 1 is 1.14 bits per heavy atom. The first-order valence-corrected chi connectivity index (χ1v) is 10.00. The molecule has 7 nitrogen and oxygen atoms in total. The number of nitrogens with zero attached hydrogens (tertiary/aromatic N) is 6. The lowest BCUT2D eigenvalue weighted by Crippen LogP contribution is -2.04. The van der Waals surface area contributed by atoms with Crippen molar-refractivity contribution in [3.05, 3.63) is 68.9 Å². The van der Waals surface area contributed by atoms with Crippen molar-refractivity contribution in [1.82, 2.24) is 29.5 Å². The van der Waals surface area contributed by atoms with Gasteiger partial charge in [-0.05, 0) is 43.4 Å². The fraction of sp³-hybridized carbons (Fsp3) is 0.238. The molecule has 1 aliphatic rings. The minimum absolute atomic E-state index is 0.407. The molecule has 4 aromatic rings. The number of fused-ring (bicyclic) bond motifs is 5. The van der Waals surface area contributed by atoms with Gasteiger partial charge in [0.05, 0.1) is 29.4 Å². The van der Waals surface area contributed by atoms with Crippen LogP contribution in [0, 0.1) is 25.7 Å². The van der Waals surface area contributed by atoms with Gasteiger partial charge in [0.2, 0.25) is 0 Å². The second-order valence-electron chi connectivity index (χ2n) is 6.93. The molecule has 0 unspecified atom stereocenters. The molecule has 0 aliphatic carbocycles. The molecule has 0 bridgehead atoms. The normalized spacial score (nSPS) is 11.8. The fourth-order valence-electron chi connectivity index (χ4n) is 3.50. The highest BCUT2D eigenvalue weighted by molar-refractivity contribution is 7.12. The van der Waals surface area contributed by atoms with Gasteiger partial charge >= 0.3 is 0 Å². The standard InChI is InChI=1S/C21H18N6OS/c1-13-4-6-17-20(8-13)27-19(16(11-28-3)24-25-27)9-18-15(23-12-26(17)18)5-7-21-22-10-14(2)29-21/h4,6,8,10,12H,9,11H2,1-3H3. The summed E-state index contributed by atoms with van der Waals surface area (Å²) >= 11 is 1.58. The minimum Gasteiger partial charge on any atom is -0.378 e. The van der Waals surface area contributed by atoms with Crippen LogP contribution in [0.1, 0.15) is 38.2 Å². The van der Waals surface area contributed by atoms with Crippen molar-refractivity contribution in [3.63, 3.8) is 0 Å². The number of ether oxygens (including phenoxy) is 1. The molecule has 0 fully saturated rings. The van der Waals surface area contributed by atoms with E-state index in [9.17, 15) is 0 Å². The Morgan fingerprint density at radius 3 is 2.83 bits per heavy atom. The number of imidazole rings is 1. The van der Waals surface area contributed by atoms with Crippen molar-refractivity contribution in [2.75, 3.05) is 7.11 Å².